The Labute approximate surface area is 145 Å². The minimum Gasteiger partial charge on any atom is -0.288 e. The highest BCUT2D eigenvalue weighted by atomic mass is 31.2. The van der Waals surface area contributed by atoms with E-state index in [0.29, 0.717) is 5.92 Å². The van der Waals surface area contributed by atoms with Gasteiger partial charge < -0.3 is 0 Å². The molecule has 3 rings (SSSR count). The molecule has 1 saturated carbocycles. The van der Waals surface area contributed by atoms with Crippen LogP contribution in [0.15, 0.2) is 65.4 Å². The maximum atomic E-state index is 14.0. The number of hydrogen-bond donors (Lipinski definition) is 0. The molecule has 1 aliphatic carbocycles. The van der Waals surface area contributed by atoms with Crippen LogP contribution in [0.2, 0.25) is 0 Å². The summed E-state index contributed by atoms with van der Waals surface area (Å²) >= 11 is 0. The maximum Gasteiger partial charge on any atom is 0.247 e. The minimum atomic E-state index is -2.99. The van der Waals surface area contributed by atoms with Gasteiger partial charge in [-0.05, 0) is 54.9 Å². The van der Waals surface area contributed by atoms with Crippen molar-refractivity contribution in [2.24, 2.45) is 16.1 Å². The largest absolute Gasteiger partial charge is 0.288 e. The van der Waals surface area contributed by atoms with Crippen molar-refractivity contribution in [3.8, 4) is 0 Å². The molecule has 24 heavy (non-hydrogen) atoms. The Kier molecular flexibility index (Phi) is 4.78. The third-order valence-electron chi connectivity index (χ3n) is 4.66. The van der Waals surface area contributed by atoms with E-state index in [4.69, 9.17) is 4.76 Å². The smallest absolute Gasteiger partial charge is 0.247 e. The molecule has 3 heteroatoms. The lowest BCUT2D eigenvalue weighted by molar-refractivity contribution is 0.266. The van der Waals surface area contributed by atoms with Crippen LogP contribution in [0.1, 0.15) is 40.0 Å². The van der Waals surface area contributed by atoms with Gasteiger partial charge in [0.2, 0.25) is 7.29 Å². The number of nitrogens with zero attached hydrogens (tertiary/aromatic N) is 1. The second-order valence-electron chi connectivity index (χ2n) is 7.77. The molecule has 0 aromatic heterocycles. The topological polar surface area (TPSA) is 29.4 Å². The zero-order valence-electron chi connectivity index (χ0n) is 14.8. The molecule has 0 saturated heterocycles. The fraction of sp³-hybridized carbons (Fsp3) is 0.381. The van der Waals surface area contributed by atoms with E-state index < -0.39 is 7.29 Å². The Bertz CT molecular complexity index is 721. The Morgan fingerprint density at radius 2 is 1.46 bits per heavy atom. The van der Waals surface area contributed by atoms with Crippen LogP contribution in [0.3, 0.4) is 0 Å². The Morgan fingerprint density at radius 1 is 0.958 bits per heavy atom. The van der Waals surface area contributed by atoms with E-state index in [9.17, 15) is 4.57 Å². The summed E-state index contributed by atoms with van der Waals surface area (Å²) in [6.45, 7) is 6.84. The third kappa shape index (κ3) is 3.70. The van der Waals surface area contributed by atoms with Crippen molar-refractivity contribution in [2.45, 2.75) is 40.0 Å². The summed E-state index contributed by atoms with van der Waals surface area (Å²) < 4.78 is 18.9. The van der Waals surface area contributed by atoms with E-state index in [1.165, 1.54) is 6.42 Å². The summed E-state index contributed by atoms with van der Waals surface area (Å²) in [4.78, 5) is 0. The first-order valence-electron chi connectivity index (χ1n) is 8.68. The first-order valence-corrected chi connectivity index (χ1v) is 10.3. The van der Waals surface area contributed by atoms with Crippen molar-refractivity contribution in [1.29, 1.82) is 0 Å². The van der Waals surface area contributed by atoms with Crippen LogP contribution in [0, 0.1) is 11.3 Å². The molecular weight excluding hydrogens is 313 g/mol. The average molecular weight is 339 g/mol. The van der Waals surface area contributed by atoms with Crippen LogP contribution >= 0.6 is 7.29 Å². The van der Waals surface area contributed by atoms with Gasteiger partial charge >= 0.3 is 0 Å². The normalized spacial score (nSPS) is 22.5. The van der Waals surface area contributed by atoms with Crippen LogP contribution < -0.4 is 10.6 Å². The fourth-order valence-corrected chi connectivity index (χ4v) is 6.15. The summed E-state index contributed by atoms with van der Waals surface area (Å²) in [5.74, 6) is 0.590. The van der Waals surface area contributed by atoms with Crippen molar-refractivity contribution < 1.29 is 4.57 Å². The van der Waals surface area contributed by atoms with Gasteiger partial charge in [-0.2, -0.15) is 0 Å². The van der Waals surface area contributed by atoms with Crippen molar-refractivity contribution >= 4 is 23.6 Å². The standard InChI is InChI=1S/C21H26NOP/c1-17-14-18(16-21(2,3)15-17)22-24(23,19-10-6-4-7-11-19)20-12-8-5-9-13-20/h4-13,17H,14-16H2,1-3H3/b22-18+. The average Bonchev–Trinajstić information content (AvgIpc) is 2.54. The molecular formula is C21H26NOP. The van der Waals surface area contributed by atoms with Gasteiger partial charge in [0, 0.05) is 16.3 Å². The summed E-state index contributed by atoms with van der Waals surface area (Å²) in [5.41, 5.74) is 1.34. The molecule has 0 bridgehead atoms. The van der Waals surface area contributed by atoms with Crippen molar-refractivity contribution in [1.82, 2.24) is 0 Å². The molecule has 0 radical (unpaired) electrons. The molecule has 126 valence electrons. The fourth-order valence-electron chi connectivity index (χ4n) is 3.91. The van der Waals surface area contributed by atoms with Crippen LogP contribution in [-0.2, 0) is 4.57 Å². The summed E-state index contributed by atoms with van der Waals surface area (Å²) in [7, 11) is -2.99. The van der Waals surface area contributed by atoms with E-state index in [-0.39, 0.29) is 5.41 Å². The number of rotatable bonds is 3. The van der Waals surface area contributed by atoms with Crippen LogP contribution in [0.4, 0.5) is 0 Å². The molecule has 1 aliphatic rings. The van der Waals surface area contributed by atoms with Crippen molar-refractivity contribution in [3.63, 3.8) is 0 Å². The molecule has 0 heterocycles. The summed E-state index contributed by atoms with van der Waals surface area (Å²) in [6.07, 6.45) is 3.08. The van der Waals surface area contributed by atoms with Crippen molar-refractivity contribution in [2.75, 3.05) is 0 Å². The van der Waals surface area contributed by atoms with Gasteiger partial charge in [-0.15, -0.1) is 0 Å². The molecule has 2 aromatic rings. The lowest BCUT2D eigenvalue weighted by Crippen LogP contribution is -2.28. The van der Waals surface area contributed by atoms with Gasteiger partial charge in [0.05, 0.1) is 0 Å². The molecule has 0 N–H and O–H groups in total. The number of benzene rings is 2. The Hall–Kier alpha value is -1.66. The quantitative estimate of drug-likeness (QED) is 0.707. The van der Waals surface area contributed by atoms with Crippen LogP contribution in [0.5, 0.6) is 0 Å². The predicted molar refractivity (Wildman–Crippen MR) is 104 cm³/mol. The molecule has 0 aliphatic heterocycles. The van der Waals surface area contributed by atoms with E-state index in [1.807, 2.05) is 60.7 Å². The van der Waals surface area contributed by atoms with Gasteiger partial charge in [0.1, 0.15) is 0 Å². The molecule has 1 fully saturated rings. The van der Waals surface area contributed by atoms with E-state index in [2.05, 4.69) is 20.8 Å². The summed E-state index contributed by atoms with van der Waals surface area (Å²) in [5, 5.41) is 1.64. The molecule has 0 amide bonds. The monoisotopic (exact) mass is 339 g/mol. The van der Waals surface area contributed by atoms with E-state index in [1.54, 1.807) is 0 Å². The van der Waals surface area contributed by atoms with E-state index in [0.717, 1.165) is 29.2 Å². The van der Waals surface area contributed by atoms with Crippen LogP contribution in [-0.4, -0.2) is 5.71 Å². The Morgan fingerprint density at radius 3 is 1.92 bits per heavy atom. The van der Waals surface area contributed by atoms with Crippen LogP contribution in [0.25, 0.3) is 0 Å². The maximum absolute atomic E-state index is 14.0. The molecule has 2 aromatic carbocycles. The zero-order valence-corrected chi connectivity index (χ0v) is 15.7. The lowest BCUT2D eigenvalue weighted by atomic mass is 9.72. The number of hydrogen-bond acceptors (Lipinski definition) is 1. The van der Waals surface area contributed by atoms with Gasteiger partial charge in [0.15, 0.2) is 0 Å². The first-order chi connectivity index (χ1) is 11.4. The molecule has 2 nitrogen and oxygen atoms in total. The van der Waals surface area contributed by atoms with Gasteiger partial charge in [0.25, 0.3) is 0 Å². The second kappa shape index (κ2) is 6.69. The molecule has 0 spiro atoms. The highest BCUT2D eigenvalue weighted by Gasteiger charge is 2.33. The minimum absolute atomic E-state index is 0.231. The first kappa shape index (κ1) is 17.2. The highest BCUT2D eigenvalue weighted by Crippen LogP contribution is 2.48. The third-order valence-corrected chi connectivity index (χ3v) is 7.22. The SMILES string of the molecule is CC1C/C(=N\P(=O)(c2ccccc2)c2ccccc2)CC(C)(C)C1. The highest BCUT2D eigenvalue weighted by molar-refractivity contribution is 7.77. The molecule has 1 atom stereocenters. The lowest BCUT2D eigenvalue weighted by Gasteiger charge is -2.35. The van der Waals surface area contributed by atoms with E-state index >= 15 is 0 Å². The second-order valence-corrected chi connectivity index (χ2v) is 10.2. The Balaban J connectivity index is 2.10. The van der Waals surface area contributed by atoms with Gasteiger partial charge in [-0.3, -0.25) is 4.57 Å². The zero-order chi connectivity index (χ0) is 17.2. The summed E-state index contributed by atoms with van der Waals surface area (Å²) in [6, 6.07) is 19.4. The van der Waals surface area contributed by atoms with Gasteiger partial charge in [-0.1, -0.05) is 57.2 Å². The predicted octanol–water partition coefficient (Wildman–Crippen LogP) is 5.20. The molecule has 1 unspecified atom stereocenters. The van der Waals surface area contributed by atoms with Crippen molar-refractivity contribution in [3.05, 3.63) is 60.7 Å². The van der Waals surface area contributed by atoms with Gasteiger partial charge in [-0.25, -0.2) is 4.76 Å².